The maximum absolute atomic E-state index is 2.57. The molecule has 0 aromatic heterocycles. The molecule has 1 nitrogen and oxygen atoms in total. The van der Waals surface area contributed by atoms with Crippen LogP contribution < -0.4 is 10.1 Å². The van der Waals surface area contributed by atoms with E-state index >= 15 is 0 Å². The molecule has 0 unspecified atom stereocenters. The Morgan fingerprint density at radius 3 is 1.60 bits per heavy atom. The van der Waals surface area contributed by atoms with Crippen LogP contribution >= 0.6 is 0 Å². The molecule has 6 aliphatic carbocycles. The maximum Gasteiger partial charge on any atom is 0.0775 e. The van der Waals surface area contributed by atoms with Gasteiger partial charge in [0.25, 0.3) is 0 Å². The molecular formula is C58H55NSi. The SMILES string of the molecule is CC1(C)c2cc(-c3ccc4c(c3)-c3ccccc3C43C4CC5CC(C4)CC3C5)ccc2-c2ccc(N(c3ccc(-c4ccccc4)cc3)c3ccc([Si](C)(C)C)cc3)cc21. The molecule has 296 valence electrons. The van der Waals surface area contributed by atoms with Crippen LogP contribution in [0.25, 0.3) is 44.5 Å². The van der Waals surface area contributed by atoms with Crippen molar-refractivity contribution in [1.29, 1.82) is 0 Å². The van der Waals surface area contributed by atoms with Crippen LogP contribution in [-0.4, -0.2) is 8.07 Å². The van der Waals surface area contributed by atoms with Crippen molar-refractivity contribution in [3.8, 4) is 44.5 Å². The summed E-state index contributed by atoms with van der Waals surface area (Å²) in [5, 5.41) is 1.48. The molecule has 4 saturated carbocycles. The summed E-state index contributed by atoms with van der Waals surface area (Å²) in [4.78, 5) is 2.45. The van der Waals surface area contributed by atoms with E-state index in [1.165, 1.54) is 110 Å². The third-order valence-corrected chi connectivity index (χ3v) is 18.1. The average molecular weight is 794 g/mol. The van der Waals surface area contributed by atoms with Gasteiger partial charge < -0.3 is 4.90 Å². The second-order valence-corrected chi connectivity index (χ2v) is 25.7. The van der Waals surface area contributed by atoms with Gasteiger partial charge >= 0.3 is 0 Å². The van der Waals surface area contributed by atoms with Gasteiger partial charge in [0.05, 0.1) is 8.07 Å². The summed E-state index contributed by atoms with van der Waals surface area (Å²) in [7, 11) is -1.45. The number of rotatable bonds is 6. The predicted octanol–water partition coefficient (Wildman–Crippen LogP) is 15.1. The van der Waals surface area contributed by atoms with E-state index in [4.69, 9.17) is 0 Å². The van der Waals surface area contributed by atoms with Gasteiger partial charge in [-0.2, -0.15) is 0 Å². The van der Waals surface area contributed by atoms with Crippen LogP contribution in [0.3, 0.4) is 0 Å². The fourth-order valence-corrected chi connectivity index (χ4v) is 14.5. The topological polar surface area (TPSA) is 3.24 Å². The van der Waals surface area contributed by atoms with Gasteiger partial charge in [0.1, 0.15) is 0 Å². The zero-order valence-electron chi connectivity index (χ0n) is 35.8. The highest BCUT2D eigenvalue weighted by Gasteiger charge is 2.61. The molecule has 60 heavy (non-hydrogen) atoms. The van der Waals surface area contributed by atoms with Crippen molar-refractivity contribution in [3.63, 3.8) is 0 Å². The van der Waals surface area contributed by atoms with Crippen molar-refractivity contribution in [3.05, 3.63) is 180 Å². The molecule has 1 spiro atoms. The van der Waals surface area contributed by atoms with Crippen LogP contribution in [0.2, 0.25) is 19.6 Å². The molecule has 0 radical (unpaired) electrons. The lowest BCUT2D eigenvalue weighted by Gasteiger charge is -2.61. The van der Waals surface area contributed by atoms with Gasteiger partial charge in [-0.15, -0.1) is 0 Å². The van der Waals surface area contributed by atoms with Crippen LogP contribution in [0.15, 0.2) is 158 Å². The monoisotopic (exact) mass is 793 g/mol. The van der Waals surface area contributed by atoms with Gasteiger partial charge in [0.15, 0.2) is 0 Å². The van der Waals surface area contributed by atoms with Crippen LogP contribution in [-0.2, 0) is 10.8 Å². The molecule has 2 heteroatoms. The second-order valence-electron chi connectivity index (χ2n) is 20.6. The lowest BCUT2D eigenvalue weighted by atomic mass is 9.43. The molecule has 6 aliphatic rings. The summed E-state index contributed by atoms with van der Waals surface area (Å²) in [6.45, 7) is 12.1. The molecule has 0 amide bonds. The van der Waals surface area contributed by atoms with Crippen LogP contribution in [0.1, 0.15) is 68.2 Å². The highest BCUT2D eigenvalue weighted by atomic mass is 28.3. The Kier molecular flexibility index (Phi) is 7.91. The van der Waals surface area contributed by atoms with E-state index in [-0.39, 0.29) is 10.8 Å². The van der Waals surface area contributed by atoms with Gasteiger partial charge in [0, 0.05) is 27.9 Å². The smallest absolute Gasteiger partial charge is 0.0775 e. The first kappa shape index (κ1) is 36.4. The Labute approximate surface area is 358 Å². The molecule has 0 N–H and O–H groups in total. The molecule has 7 aromatic carbocycles. The summed E-state index contributed by atoms with van der Waals surface area (Å²) in [6, 6.07) is 60.8. The van der Waals surface area contributed by atoms with Crippen LogP contribution in [0.5, 0.6) is 0 Å². The minimum atomic E-state index is -1.45. The van der Waals surface area contributed by atoms with Gasteiger partial charge in [-0.3, -0.25) is 0 Å². The van der Waals surface area contributed by atoms with E-state index < -0.39 is 8.07 Å². The minimum absolute atomic E-state index is 0.158. The van der Waals surface area contributed by atoms with Gasteiger partial charge in [-0.05, 0) is 171 Å². The number of anilines is 3. The molecule has 4 fully saturated rings. The zero-order valence-corrected chi connectivity index (χ0v) is 36.8. The normalized spacial score (nSPS) is 23.6. The fourth-order valence-electron chi connectivity index (χ4n) is 13.4. The summed E-state index contributed by atoms with van der Waals surface area (Å²) in [5.74, 6) is 3.50. The van der Waals surface area contributed by atoms with Crippen LogP contribution in [0.4, 0.5) is 17.1 Å². The van der Waals surface area contributed by atoms with Crippen molar-refractivity contribution in [2.75, 3.05) is 4.90 Å². The Bertz CT molecular complexity index is 2790. The van der Waals surface area contributed by atoms with Crippen molar-refractivity contribution in [1.82, 2.24) is 0 Å². The Morgan fingerprint density at radius 1 is 0.417 bits per heavy atom. The van der Waals surface area contributed by atoms with Gasteiger partial charge in [-0.25, -0.2) is 0 Å². The van der Waals surface area contributed by atoms with E-state index in [1.54, 1.807) is 11.1 Å². The minimum Gasteiger partial charge on any atom is -0.310 e. The number of fused-ring (bicyclic) bond motifs is 6. The van der Waals surface area contributed by atoms with Crippen molar-refractivity contribution in [2.45, 2.75) is 76.4 Å². The Morgan fingerprint density at radius 2 is 0.917 bits per heavy atom. The molecule has 0 heterocycles. The molecule has 0 atom stereocenters. The van der Waals surface area contributed by atoms with E-state index in [1.807, 2.05) is 0 Å². The second kappa shape index (κ2) is 13.0. The molecular weight excluding hydrogens is 739 g/mol. The number of hydrogen-bond acceptors (Lipinski definition) is 1. The van der Waals surface area contributed by atoms with E-state index in [0.29, 0.717) is 0 Å². The van der Waals surface area contributed by atoms with Crippen molar-refractivity contribution in [2.24, 2.45) is 23.7 Å². The van der Waals surface area contributed by atoms with Crippen LogP contribution in [0, 0.1) is 23.7 Å². The quantitative estimate of drug-likeness (QED) is 0.152. The molecule has 0 aliphatic heterocycles. The predicted molar refractivity (Wildman–Crippen MR) is 256 cm³/mol. The summed E-state index contributed by atoms with van der Waals surface area (Å²) < 4.78 is 0. The van der Waals surface area contributed by atoms with E-state index in [2.05, 4.69) is 196 Å². The maximum atomic E-state index is 2.57. The Balaban J connectivity index is 0.919. The van der Waals surface area contributed by atoms with E-state index in [9.17, 15) is 0 Å². The highest BCUT2D eigenvalue weighted by Crippen LogP contribution is 2.69. The molecule has 7 aromatic rings. The first-order valence-electron chi connectivity index (χ1n) is 22.7. The third-order valence-electron chi connectivity index (χ3n) is 16.0. The number of nitrogens with zero attached hydrogens (tertiary/aromatic N) is 1. The van der Waals surface area contributed by atoms with Crippen molar-refractivity contribution >= 4 is 30.3 Å². The highest BCUT2D eigenvalue weighted by molar-refractivity contribution is 6.88. The van der Waals surface area contributed by atoms with Gasteiger partial charge in [-0.1, -0.05) is 148 Å². The molecule has 4 bridgehead atoms. The fraction of sp³-hybridized carbons (Fsp3) is 0.276. The van der Waals surface area contributed by atoms with Crippen molar-refractivity contribution < 1.29 is 0 Å². The Hall–Kier alpha value is -5.44. The van der Waals surface area contributed by atoms with E-state index in [0.717, 1.165) is 23.7 Å². The lowest BCUT2D eigenvalue weighted by molar-refractivity contribution is -0.0399. The summed E-state index contributed by atoms with van der Waals surface area (Å²) in [6.07, 6.45) is 7.19. The summed E-state index contributed by atoms with van der Waals surface area (Å²) in [5.41, 5.74) is 20.5. The molecule has 0 saturated heterocycles. The first-order chi connectivity index (χ1) is 29.1. The largest absolute Gasteiger partial charge is 0.310 e. The lowest BCUT2D eigenvalue weighted by Crippen LogP contribution is -2.55. The first-order valence-corrected chi connectivity index (χ1v) is 26.2. The summed E-state index contributed by atoms with van der Waals surface area (Å²) >= 11 is 0. The zero-order chi connectivity index (χ0) is 40.5. The third kappa shape index (κ3) is 5.29. The standard InChI is InChI=1S/C58H55NSi/c1-57(2)55-35-42(41-18-28-54-52(34-41)49-13-9-10-14-53(49)58(54)43-30-37-29-38(32-43)33-44(58)31-37)17-26-50(55)51-27-23-47(36-56(51)57)59(46-21-24-48(25-22-46)60(3,4)5)45-19-15-40(16-20-45)39-11-7-6-8-12-39/h6-28,34-38,43-44H,29-33H2,1-5H3. The molecule has 13 rings (SSSR count). The average Bonchev–Trinajstić information content (AvgIpc) is 3.68. The number of hydrogen-bond donors (Lipinski definition) is 0. The van der Waals surface area contributed by atoms with Gasteiger partial charge in [0.2, 0.25) is 0 Å². The number of benzene rings is 7.